The Morgan fingerprint density at radius 2 is 1.59 bits per heavy atom. The molecule has 1 unspecified atom stereocenters. The van der Waals surface area contributed by atoms with Gasteiger partial charge in [-0.3, -0.25) is 14.9 Å². The number of amides is 2. The largest absolute Gasteiger partial charge is 0.484 e. The summed E-state index contributed by atoms with van der Waals surface area (Å²) in [5.74, 6) is -0.649. The van der Waals surface area contributed by atoms with Gasteiger partial charge < -0.3 is 10.1 Å². The van der Waals surface area contributed by atoms with Crippen LogP contribution < -0.4 is 15.4 Å². The zero-order valence-electron chi connectivity index (χ0n) is 18.0. The molecule has 1 aromatic heterocycles. The van der Waals surface area contributed by atoms with Gasteiger partial charge in [-0.1, -0.05) is 59.9 Å². The second-order valence-electron chi connectivity index (χ2n) is 7.32. The van der Waals surface area contributed by atoms with E-state index in [2.05, 4.69) is 20.8 Å². The van der Waals surface area contributed by atoms with Gasteiger partial charge in [0.15, 0.2) is 6.61 Å². The zero-order chi connectivity index (χ0) is 23.8. The number of rotatable bonds is 9. The Kier molecular flexibility index (Phi) is 7.56. The maximum atomic E-state index is 13.2. The lowest BCUT2D eigenvalue weighted by molar-refractivity contribution is -0.127. The van der Waals surface area contributed by atoms with Gasteiger partial charge in [0.25, 0.3) is 5.91 Å². The van der Waals surface area contributed by atoms with E-state index in [-0.39, 0.29) is 24.0 Å². The highest BCUT2D eigenvalue weighted by Gasteiger charge is 2.23. The van der Waals surface area contributed by atoms with Crippen LogP contribution in [0, 0.1) is 5.82 Å². The van der Waals surface area contributed by atoms with Crippen LogP contribution in [0.2, 0.25) is 0 Å². The number of nitrogens with one attached hydrogen (secondary N) is 2. The molecule has 9 heteroatoms. The Morgan fingerprint density at radius 1 is 0.912 bits per heavy atom. The van der Waals surface area contributed by atoms with Gasteiger partial charge in [0.2, 0.25) is 11.0 Å². The molecule has 4 aromatic rings. The third-order valence-electron chi connectivity index (χ3n) is 4.79. The summed E-state index contributed by atoms with van der Waals surface area (Å²) < 4.78 is 18.7. The average molecular weight is 477 g/mol. The van der Waals surface area contributed by atoms with Gasteiger partial charge >= 0.3 is 0 Å². The molecule has 0 aliphatic carbocycles. The number of anilines is 1. The number of hydrogen-bond donors (Lipinski definition) is 2. The molecule has 4 rings (SSSR count). The first-order valence-corrected chi connectivity index (χ1v) is 11.3. The van der Waals surface area contributed by atoms with Crippen molar-refractivity contribution >= 4 is 28.3 Å². The smallest absolute Gasteiger partial charge is 0.258 e. The van der Waals surface area contributed by atoms with Crippen molar-refractivity contribution in [1.29, 1.82) is 0 Å². The lowest BCUT2D eigenvalue weighted by Crippen LogP contribution is -2.46. The monoisotopic (exact) mass is 476 g/mol. The number of hydrogen-bond acceptors (Lipinski definition) is 6. The molecule has 7 nitrogen and oxygen atoms in total. The highest BCUT2D eigenvalue weighted by atomic mass is 32.1. The Labute approximate surface area is 199 Å². The fraction of sp³-hybridized carbons (Fsp3) is 0.120. The molecule has 0 saturated carbocycles. The van der Waals surface area contributed by atoms with E-state index in [1.54, 1.807) is 36.4 Å². The Morgan fingerprint density at radius 3 is 2.29 bits per heavy atom. The van der Waals surface area contributed by atoms with E-state index >= 15 is 0 Å². The van der Waals surface area contributed by atoms with E-state index in [0.29, 0.717) is 16.3 Å². The molecular formula is C25H21FN4O3S. The van der Waals surface area contributed by atoms with Crippen LogP contribution in [0.5, 0.6) is 5.75 Å². The maximum Gasteiger partial charge on any atom is 0.258 e. The highest BCUT2D eigenvalue weighted by molar-refractivity contribution is 7.18. The van der Waals surface area contributed by atoms with E-state index in [0.717, 1.165) is 16.9 Å². The predicted molar refractivity (Wildman–Crippen MR) is 128 cm³/mol. The summed E-state index contributed by atoms with van der Waals surface area (Å²) >= 11 is 1.16. The summed E-state index contributed by atoms with van der Waals surface area (Å²) in [6.07, 6.45) is 0.285. The second kappa shape index (κ2) is 11.2. The number of benzene rings is 3. The summed E-state index contributed by atoms with van der Waals surface area (Å²) in [5, 5.41) is 14.3. The van der Waals surface area contributed by atoms with E-state index in [1.807, 2.05) is 36.4 Å². The number of aromatic nitrogens is 2. The van der Waals surface area contributed by atoms with E-state index in [1.165, 1.54) is 12.1 Å². The van der Waals surface area contributed by atoms with Crippen molar-refractivity contribution in [2.45, 2.75) is 12.5 Å². The highest BCUT2D eigenvalue weighted by Crippen LogP contribution is 2.26. The number of ether oxygens (including phenoxy) is 1. The van der Waals surface area contributed by atoms with Gasteiger partial charge in [-0.15, -0.1) is 10.2 Å². The molecule has 0 spiro atoms. The lowest BCUT2D eigenvalue weighted by atomic mass is 10.1. The first kappa shape index (κ1) is 23.1. The van der Waals surface area contributed by atoms with Crippen molar-refractivity contribution in [2.24, 2.45) is 0 Å². The van der Waals surface area contributed by atoms with Crippen molar-refractivity contribution in [3.05, 3.63) is 96.3 Å². The summed E-state index contributed by atoms with van der Waals surface area (Å²) in [5.41, 5.74) is 1.57. The van der Waals surface area contributed by atoms with Crippen LogP contribution in [0.25, 0.3) is 10.6 Å². The van der Waals surface area contributed by atoms with Crippen LogP contribution in [0.15, 0.2) is 84.9 Å². The molecule has 172 valence electrons. The van der Waals surface area contributed by atoms with Crippen molar-refractivity contribution in [2.75, 3.05) is 11.9 Å². The minimum atomic E-state index is -0.854. The van der Waals surface area contributed by atoms with Crippen molar-refractivity contribution in [3.63, 3.8) is 0 Å². The van der Waals surface area contributed by atoms with Crippen molar-refractivity contribution in [3.8, 4) is 16.3 Å². The molecule has 0 aliphatic heterocycles. The summed E-state index contributed by atoms with van der Waals surface area (Å²) in [6.45, 7) is -0.226. The number of nitrogens with zero attached hydrogens (tertiary/aromatic N) is 2. The molecule has 0 bridgehead atoms. The topological polar surface area (TPSA) is 93.2 Å². The van der Waals surface area contributed by atoms with Crippen LogP contribution in [-0.2, 0) is 16.0 Å². The molecule has 2 N–H and O–H groups in total. The maximum absolute atomic E-state index is 13.2. The molecule has 0 saturated heterocycles. The fourth-order valence-corrected chi connectivity index (χ4v) is 3.89. The molecule has 0 fully saturated rings. The van der Waals surface area contributed by atoms with E-state index < -0.39 is 17.9 Å². The van der Waals surface area contributed by atoms with Crippen molar-refractivity contribution in [1.82, 2.24) is 15.5 Å². The third-order valence-corrected chi connectivity index (χ3v) is 5.68. The van der Waals surface area contributed by atoms with E-state index in [4.69, 9.17) is 4.74 Å². The van der Waals surface area contributed by atoms with Gasteiger partial charge in [0.1, 0.15) is 22.6 Å². The normalized spacial score (nSPS) is 11.4. The molecule has 3 aromatic carbocycles. The molecule has 0 aliphatic rings. The second-order valence-corrected chi connectivity index (χ2v) is 8.30. The van der Waals surface area contributed by atoms with Gasteiger partial charge in [-0.25, -0.2) is 4.39 Å². The fourth-order valence-electron chi connectivity index (χ4n) is 3.14. The molecule has 1 heterocycles. The molecule has 1 atom stereocenters. The molecule has 34 heavy (non-hydrogen) atoms. The quantitative estimate of drug-likeness (QED) is 0.380. The minimum Gasteiger partial charge on any atom is -0.484 e. The van der Waals surface area contributed by atoms with Gasteiger partial charge in [0, 0.05) is 12.0 Å². The van der Waals surface area contributed by atoms with Gasteiger partial charge in [0.05, 0.1) is 0 Å². The minimum absolute atomic E-state index is 0.226. The van der Waals surface area contributed by atoms with Crippen LogP contribution in [0.1, 0.15) is 5.56 Å². The number of para-hydroxylation sites is 1. The molecule has 0 radical (unpaired) electrons. The Balaban J connectivity index is 1.43. The third kappa shape index (κ3) is 6.46. The summed E-state index contributed by atoms with van der Waals surface area (Å²) in [7, 11) is 0. The summed E-state index contributed by atoms with van der Waals surface area (Å²) in [6, 6.07) is 23.3. The van der Waals surface area contributed by atoms with Gasteiger partial charge in [-0.05, 0) is 42.0 Å². The lowest BCUT2D eigenvalue weighted by Gasteiger charge is -2.18. The first-order chi connectivity index (χ1) is 16.6. The number of halogens is 1. The Hall–Kier alpha value is -4.11. The van der Waals surface area contributed by atoms with Crippen LogP contribution in [0.4, 0.5) is 9.52 Å². The number of carbonyl (C=O) groups excluding carboxylic acids is 2. The zero-order valence-corrected chi connectivity index (χ0v) is 18.8. The molecular weight excluding hydrogens is 455 g/mol. The standard InChI is InChI=1S/C25H21FN4O3S/c26-19-13-11-18(12-14-19)24-29-30-25(34-24)28-23(32)21(15-17-7-3-1-4-8-17)27-22(31)16-33-20-9-5-2-6-10-20/h1-14,21H,15-16H2,(H,27,31)(H,28,30,32). The molecule has 2 amide bonds. The predicted octanol–water partition coefficient (Wildman–Crippen LogP) is 4.09. The number of carbonyl (C=O) groups is 2. The van der Waals surface area contributed by atoms with Crippen LogP contribution >= 0.6 is 11.3 Å². The van der Waals surface area contributed by atoms with E-state index in [9.17, 15) is 14.0 Å². The van der Waals surface area contributed by atoms with Crippen LogP contribution in [-0.4, -0.2) is 34.7 Å². The first-order valence-electron chi connectivity index (χ1n) is 10.5. The summed E-state index contributed by atoms with van der Waals surface area (Å²) in [4.78, 5) is 25.6. The SMILES string of the molecule is O=C(COc1ccccc1)NC(Cc1ccccc1)C(=O)Nc1nnc(-c2ccc(F)cc2)s1. The Bertz CT molecular complexity index is 1230. The van der Waals surface area contributed by atoms with Gasteiger partial charge in [-0.2, -0.15) is 0 Å². The average Bonchev–Trinajstić information content (AvgIpc) is 3.32. The van der Waals surface area contributed by atoms with Crippen LogP contribution in [0.3, 0.4) is 0 Å². The van der Waals surface area contributed by atoms with Crippen molar-refractivity contribution < 1.29 is 18.7 Å².